The summed E-state index contributed by atoms with van der Waals surface area (Å²) < 4.78 is 17.9. The van der Waals surface area contributed by atoms with Crippen LogP contribution in [0.5, 0.6) is 0 Å². The number of carbonyl (C=O) groups excluding carboxylic acids is 5. The van der Waals surface area contributed by atoms with Crippen LogP contribution in [0.2, 0.25) is 18.1 Å². The van der Waals surface area contributed by atoms with Gasteiger partial charge in [0, 0.05) is 31.0 Å². The van der Waals surface area contributed by atoms with Crippen molar-refractivity contribution in [3.63, 3.8) is 0 Å². The molecular weight excluding hydrogens is 872 g/mol. The van der Waals surface area contributed by atoms with E-state index in [1.165, 1.54) is 23.1 Å². The minimum Gasteiger partial charge on any atom is -0.457 e. The van der Waals surface area contributed by atoms with Crippen LogP contribution in [0.4, 0.5) is 5.69 Å². The molecule has 1 aliphatic heterocycles. The molecule has 0 aromatic heterocycles. The quantitative estimate of drug-likeness (QED) is 0.0102. The number of non-ortho nitro benzene ring substituents is 1. The number of ketones is 1. The Morgan fingerprint density at radius 2 is 1.35 bits per heavy atom. The van der Waals surface area contributed by atoms with Crippen molar-refractivity contribution in [3.05, 3.63) is 178 Å². The number of β-lactam (4-membered cyclic amide) rings is 1. The third-order valence-corrected chi connectivity index (χ3v) is 21.3. The van der Waals surface area contributed by atoms with E-state index in [4.69, 9.17) is 13.9 Å². The van der Waals surface area contributed by atoms with E-state index in [0.29, 0.717) is 16.7 Å². The molecule has 14 heteroatoms. The second-order valence-corrected chi connectivity index (χ2v) is 25.9. The van der Waals surface area contributed by atoms with Crippen LogP contribution in [0, 0.1) is 23.0 Å². The summed E-state index contributed by atoms with van der Waals surface area (Å²) >= 11 is 0. The summed E-state index contributed by atoms with van der Waals surface area (Å²) in [5, 5.41) is 13.2. The highest BCUT2D eigenvalue weighted by Crippen LogP contribution is 2.51. The second kappa shape index (κ2) is 20.3. The molecule has 1 amide bonds. The number of esters is 3. The van der Waals surface area contributed by atoms with E-state index in [-0.39, 0.29) is 52.8 Å². The van der Waals surface area contributed by atoms with Crippen LogP contribution in [-0.4, -0.2) is 71.9 Å². The van der Waals surface area contributed by atoms with E-state index >= 15 is 9.59 Å². The normalized spacial score (nSPS) is 15.5. The van der Waals surface area contributed by atoms with Crippen molar-refractivity contribution in [1.29, 1.82) is 0 Å². The van der Waals surface area contributed by atoms with Crippen molar-refractivity contribution in [2.75, 3.05) is 6.61 Å². The molecule has 0 spiro atoms. The van der Waals surface area contributed by atoms with E-state index < -0.39 is 56.1 Å². The molecule has 1 heterocycles. The van der Waals surface area contributed by atoms with Gasteiger partial charge in [0.2, 0.25) is 5.91 Å². The van der Waals surface area contributed by atoms with E-state index in [1.807, 2.05) is 97.9 Å². The predicted molar refractivity (Wildman–Crippen MR) is 261 cm³/mol. The maximum atomic E-state index is 15.3. The molecule has 0 N–H and O–H groups in total. The monoisotopic (exact) mass is 926 g/mol. The van der Waals surface area contributed by atoms with Gasteiger partial charge < -0.3 is 18.8 Å². The third kappa shape index (κ3) is 10.1. The number of aryl methyl sites for hydroxylation is 1. The molecule has 1 saturated heterocycles. The number of ether oxygens (including phenoxy) is 2. The lowest BCUT2D eigenvalue weighted by Crippen LogP contribution is -2.69. The maximum Gasteiger partial charge on any atom is 0.356 e. The summed E-state index contributed by atoms with van der Waals surface area (Å²) in [6.07, 6.45) is 0.384. The van der Waals surface area contributed by atoms with Crippen molar-refractivity contribution in [2.45, 2.75) is 77.7 Å². The highest BCUT2D eigenvalue weighted by molar-refractivity contribution is 7.96. The number of rotatable bonds is 17. The van der Waals surface area contributed by atoms with Gasteiger partial charge in [-0.2, -0.15) is 0 Å². The van der Waals surface area contributed by atoms with E-state index in [9.17, 15) is 24.5 Å². The SMILES string of the molecule is C=CCOC(=O)C(N1C(=O)[C@H]([C@H](C)O[Si](C)(C)C(C)(C)C)[C@H]1CC(=O)c1ccc(CC(=O)OC(=O)c2ccc([N+](=O)[O-])cc2)c(C)c1)=P(c1ccccc1)(c1ccccc1)c1ccccc1. The molecule has 342 valence electrons. The number of Topliss-reactive ketones (excluding diaryl/α,β-unsaturated/α-hetero) is 1. The minimum absolute atomic E-state index is 0.0254. The van der Waals surface area contributed by atoms with Gasteiger partial charge in [0.15, 0.2) is 14.1 Å². The van der Waals surface area contributed by atoms with Gasteiger partial charge in [-0.15, -0.1) is 0 Å². The molecular formula is C52H55N2O10PSi. The van der Waals surface area contributed by atoms with Crippen molar-refractivity contribution in [1.82, 2.24) is 4.90 Å². The van der Waals surface area contributed by atoms with Gasteiger partial charge in [0.1, 0.15) is 12.0 Å². The Balaban J connectivity index is 1.45. The molecule has 3 atom stereocenters. The van der Waals surface area contributed by atoms with Crippen molar-refractivity contribution in [3.8, 4) is 0 Å². The largest absolute Gasteiger partial charge is 0.457 e. The Morgan fingerprint density at radius 1 is 0.833 bits per heavy atom. The Labute approximate surface area is 386 Å². The highest BCUT2D eigenvalue weighted by Gasteiger charge is 2.57. The Kier molecular flexibility index (Phi) is 15.1. The molecule has 0 radical (unpaired) electrons. The van der Waals surface area contributed by atoms with Crippen molar-refractivity contribution in [2.24, 2.45) is 5.92 Å². The number of nitro groups is 1. The lowest BCUT2D eigenvalue weighted by molar-refractivity contribution is -0.384. The number of nitro benzene ring substituents is 1. The first-order valence-corrected chi connectivity index (χ1v) is 26.4. The van der Waals surface area contributed by atoms with Crippen LogP contribution in [0.15, 0.2) is 146 Å². The van der Waals surface area contributed by atoms with Gasteiger partial charge in [0.05, 0.1) is 35.0 Å². The van der Waals surface area contributed by atoms with E-state index in [1.54, 1.807) is 25.1 Å². The number of hydrogen-bond donors (Lipinski definition) is 0. The zero-order chi connectivity index (χ0) is 48.0. The van der Waals surface area contributed by atoms with Crippen LogP contribution in [-0.2, 0) is 34.7 Å². The number of nitrogens with zero attached hydrogens (tertiary/aromatic N) is 2. The van der Waals surface area contributed by atoms with Crippen LogP contribution >= 0.6 is 6.89 Å². The minimum atomic E-state index is -3.29. The Bertz CT molecular complexity index is 2600. The van der Waals surface area contributed by atoms with E-state index in [2.05, 4.69) is 40.4 Å². The Morgan fingerprint density at radius 3 is 1.82 bits per heavy atom. The molecule has 0 saturated carbocycles. The average Bonchev–Trinajstić information content (AvgIpc) is 3.29. The number of amides is 1. The molecule has 12 nitrogen and oxygen atoms in total. The summed E-state index contributed by atoms with van der Waals surface area (Å²) in [7, 11) is -2.46. The topological polar surface area (TPSA) is 159 Å². The summed E-state index contributed by atoms with van der Waals surface area (Å²) in [4.78, 5) is 82.6. The van der Waals surface area contributed by atoms with Gasteiger partial charge in [-0.25, -0.2) is 9.59 Å². The average molecular weight is 927 g/mol. The number of benzene rings is 5. The summed E-state index contributed by atoms with van der Waals surface area (Å²) in [6, 6.07) is 37.6. The molecule has 5 aromatic rings. The maximum absolute atomic E-state index is 15.3. The van der Waals surface area contributed by atoms with Gasteiger partial charge in [-0.05, 0) is 77.2 Å². The fourth-order valence-electron chi connectivity index (χ4n) is 8.09. The number of hydrogen-bond acceptors (Lipinski definition) is 10. The first-order chi connectivity index (χ1) is 31.3. The zero-order valence-electron chi connectivity index (χ0n) is 38.3. The molecule has 5 aromatic carbocycles. The first kappa shape index (κ1) is 48.9. The van der Waals surface area contributed by atoms with Crippen LogP contribution in [0.1, 0.15) is 66.0 Å². The van der Waals surface area contributed by atoms with Crippen molar-refractivity contribution >= 4 is 71.8 Å². The molecule has 66 heavy (non-hydrogen) atoms. The lowest BCUT2D eigenvalue weighted by Gasteiger charge is -2.53. The smallest absolute Gasteiger partial charge is 0.356 e. The summed E-state index contributed by atoms with van der Waals surface area (Å²) in [5.41, 5.74) is 1.30. The molecule has 6 rings (SSSR count). The van der Waals surface area contributed by atoms with Gasteiger partial charge >= 0.3 is 17.9 Å². The Hall–Kier alpha value is -6.53. The van der Waals surface area contributed by atoms with Crippen LogP contribution < -0.4 is 15.9 Å². The zero-order valence-corrected chi connectivity index (χ0v) is 40.2. The predicted octanol–water partition coefficient (Wildman–Crippen LogP) is 8.49. The van der Waals surface area contributed by atoms with Gasteiger partial charge in [-0.3, -0.25) is 24.5 Å². The number of carbonyl (C=O) groups is 5. The van der Waals surface area contributed by atoms with Crippen molar-refractivity contribution < 1.29 is 42.8 Å². The van der Waals surface area contributed by atoms with Gasteiger partial charge in [-0.1, -0.05) is 137 Å². The fraction of sp³-hybridized carbons (Fsp3) is 0.269. The number of likely N-dealkylation sites (tertiary alicyclic amines) is 1. The lowest BCUT2D eigenvalue weighted by atomic mass is 9.79. The van der Waals surface area contributed by atoms with Crippen LogP contribution in [0.3, 0.4) is 0 Å². The molecule has 0 aliphatic carbocycles. The molecule has 0 unspecified atom stereocenters. The molecule has 0 bridgehead atoms. The fourth-order valence-corrected chi connectivity index (χ4v) is 13.9. The molecule has 1 aliphatic rings. The second-order valence-electron chi connectivity index (χ2n) is 17.8. The summed E-state index contributed by atoms with van der Waals surface area (Å²) in [6.45, 7) is 14.5. The van der Waals surface area contributed by atoms with Gasteiger partial charge in [0.25, 0.3) is 5.69 Å². The van der Waals surface area contributed by atoms with E-state index in [0.717, 1.165) is 28.0 Å². The third-order valence-electron chi connectivity index (χ3n) is 12.5. The summed E-state index contributed by atoms with van der Waals surface area (Å²) in [5.74, 6) is -3.99. The highest BCUT2D eigenvalue weighted by atomic mass is 31.2. The van der Waals surface area contributed by atoms with Crippen LogP contribution in [0.25, 0.3) is 0 Å². The molecule has 1 fully saturated rings. The standard InChI is InChI=1S/C52H55N2O10PSi/c1-9-31-62-51(59)49(65(41-19-13-10-14-20-41,42-21-15-11-16-22-42)43-23-17-12-18-24-43)53-44(47(48(53)57)36(3)64-66(7,8)52(4,5)6)34-45(55)39-26-25-38(35(2)32-39)33-46(56)63-50(58)37-27-29-40(30-28-37)54(60)61/h9-30,32,36,44,47H,1,31,33-34H2,2-8H3/t36-,44+,47+/m0/s1. The first-order valence-electron chi connectivity index (χ1n) is 21.7.